The van der Waals surface area contributed by atoms with Crippen molar-refractivity contribution in [2.24, 2.45) is 0 Å². The van der Waals surface area contributed by atoms with Gasteiger partial charge in [-0.1, -0.05) is 36.4 Å². The van der Waals surface area contributed by atoms with E-state index in [4.69, 9.17) is 0 Å². The van der Waals surface area contributed by atoms with Crippen LogP contribution in [-0.2, 0) is 0 Å². The molecule has 1 aromatic rings. The second-order valence-electron chi connectivity index (χ2n) is 4.59. The number of likely N-dealkylation sites (tertiary alicyclic amines) is 1. The van der Waals surface area contributed by atoms with Crippen molar-refractivity contribution in [1.82, 2.24) is 4.90 Å². The molecule has 1 aliphatic heterocycles. The molecule has 0 bridgehead atoms. The molecule has 1 atom stereocenters. The van der Waals surface area contributed by atoms with E-state index < -0.39 is 0 Å². The summed E-state index contributed by atoms with van der Waals surface area (Å²) in [7, 11) is 0. The van der Waals surface area contributed by atoms with E-state index in [1.165, 1.54) is 37.1 Å². The monoisotopic (exact) mass is 215 g/mol. The molecule has 0 radical (unpaired) electrons. The van der Waals surface area contributed by atoms with Crippen LogP contribution in [0.2, 0.25) is 0 Å². The second kappa shape index (κ2) is 5.31. The lowest BCUT2D eigenvalue weighted by atomic mass is 10.0. The van der Waals surface area contributed by atoms with Crippen LogP contribution < -0.4 is 0 Å². The van der Waals surface area contributed by atoms with Gasteiger partial charge in [0.05, 0.1) is 0 Å². The summed E-state index contributed by atoms with van der Waals surface area (Å²) in [5.74, 6) is 0. The van der Waals surface area contributed by atoms with Crippen LogP contribution in [-0.4, -0.2) is 18.0 Å². The summed E-state index contributed by atoms with van der Waals surface area (Å²) in [4.78, 5) is 2.57. The first-order valence-corrected chi connectivity index (χ1v) is 6.28. The maximum absolute atomic E-state index is 2.57. The first-order valence-electron chi connectivity index (χ1n) is 6.28. The smallest absolute Gasteiger partial charge is 0.0319 e. The minimum atomic E-state index is 0.571. The summed E-state index contributed by atoms with van der Waals surface area (Å²) in [5.41, 5.74) is 2.73. The molecule has 2 rings (SSSR count). The van der Waals surface area contributed by atoms with E-state index in [0.29, 0.717) is 6.04 Å². The minimum Gasteiger partial charge on any atom is -0.297 e. The van der Waals surface area contributed by atoms with Gasteiger partial charge in [0.25, 0.3) is 0 Å². The molecular formula is C15H21N. The Hall–Kier alpha value is -1.08. The number of hydrogen-bond donors (Lipinski definition) is 0. The lowest BCUT2D eigenvalue weighted by molar-refractivity contribution is 0.263. The first-order chi connectivity index (χ1) is 7.81. The highest BCUT2D eigenvalue weighted by Gasteiger charge is 2.18. The minimum absolute atomic E-state index is 0.571. The summed E-state index contributed by atoms with van der Waals surface area (Å²) < 4.78 is 0. The quantitative estimate of drug-likeness (QED) is 0.739. The fourth-order valence-electron chi connectivity index (χ4n) is 2.42. The third kappa shape index (κ3) is 2.53. The normalized spacial score (nSPS) is 19.4. The van der Waals surface area contributed by atoms with Crippen molar-refractivity contribution in [3.05, 3.63) is 41.5 Å². The number of benzene rings is 1. The summed E-state index contributed by atoms with van der Waals surface area (Å²) in [5, 5.41) is 0. The van der Waals surface area contributed by atoms with Gasteiger partial charge in [0.2, 0.25) is 0 Å². The van der Waals surface area contributed by atoms with Crippen molar-refractivity contribution < 1.29 is 0 Å². The largest absolute Gasteiger partial charge is 0.297 e. The van der Waals surface area contributed by atoms with Gasteiger partial charge in [-0.25, -0.2) is 0 Å². The molecule has 16 heavy (non-hydrogen) atoms. The van der Waals surface area contributed by atoms with Gasteiger partial charge in [-0.2, -0.15) is 0 Å². The number of hydrogen-bond acceptors (Lipinski definition) is 1. The van der Waals surface area contributed by atoms with E-state index in [0.717, 1.165) is 0 Å². The Bertz CT molecular complexity index is 344. The molecule has 0 N–H and O–H groups in total. The molecule has 1 aromatic carbocycles. The van der Waals surface area contributed by atoms with Gasteiger partial charge in [-0.3, -0.25) is 4.90 Å². The van der Waals surface area contributed by atoms with Crippen LogP contribution in [0.5, 0.6) is 0 Å². The zero-order valence-electron chi connectivity index (χ0n) is 10.3. The highest BCUT2D eigenvalue weighted by atomic mass is 15.2. The van der Waals surface area contributed by atoms with Crippen LogP contribution >= 0.6 is 0 Å². The molecule has 86 valence electrons. The third-order valence-electron chi connectivity index (χ3n) is 3.47. The Morgan fingerprint density at radius 1 is 1.12 bits per heavy atom. The molecule has 1 nitrogen and oxygen atoms in total. The molecule has 1 unspecified atom stereocenters. The lowest BCUT2D eigenvalue weighted by Crippen LogP contribution is -2.23. The summed E-state index contributed by atoms with van der Waals surface area (Å²) in [6, 6.07) is 9.52. The molecule has 0 amide bonds. The average Bonchev–Trinajstić information content (AvgIpc) is 2.83. The molecule has 1 aliphatic rings. The highest BCUT2D eigenvalue weighted by molar-refractivity contribution is 5.49. The van der Waals surface area contributed by atoms with Crippen LogP contribution in [0, 0.1) is 0 Å². The highest BCUT2D eigenvalue weighted by Crippen LogP contribution is 2.24. The van der Waals surface area contributed by atoms with Gasteiger partial charge in [-0.05, 0) is 50.9 Å². The van der Waals surface area contributed by atoms with Crippen LogP contribution in [0.1, 0.15) is 43.9 Å². The van der Waals surface area contributed by atoms with Crippen molar-refractivity contribution in [3.8, 4) is 0 Å². The van der Waals surface area contributed by atoms with Crippen molar-refractivity contribution in [2.75, 3.05) is 13.1 Å². The van der Waals surface area contributed by atoms with Gasteiger partial charge in [-0.15, -0.1) is 0 Å². The predicted octanol–water partition coefficient (Wildman–Crippen LogP) is 3.88. The van der Waals surface area contributed by atoms with E-state index in [1.54, 1.807) is 0 Å². The Kier molecular flexibility index (Phi) is 3.79. The van der Waals surface area contributed by atoms with Crippen molar-refractivity contribution in [1.29, 1.82) is 0 Å². The molecule has 1 fully saturated rings. The molecular weight excluding hydrogens is 194 g/mol. The molecule has 1 heterocycles. The molecule has 1 saturated heterocycles. The van der Waals surface area contributed by atoms with Crippen molar-refractivity contribution in [3.63, 3.8) is 0 Å². The summed E-state index contributed by atoms with van der Waals surface area (Å²) in [6.07, 6.45) is 6.95. The fourth-order valence-corrected chi connectivity index (χ4v) is 2.42. The second-order valence-corrected chi connectivity index (χ2v) is 4.59. The fraction of sp³-hybridized carbons (Fsp3) is 0.467. The van der Waals surface area contributed by atoms with Crippen LogP contribution in [0.25, 0.3) is 6.08 Å². The van der Waals surface area contributed by atoms with E-state index >= 15 is 0 Å². The van der Waals surface area contributed by atoms with E-state index in [9.17, 15) is 0 Å². The average molecular weight is 215 g/mol. The van der Waals surface area contributed by atoms with Gasteiger partial charge < -0.3 is 0 Å². The van der Waals surface area contributed by atoms with E-state index in [-0.39, 0.29) is 0 Å². The number of allylic oxidation sites excluding steroid dienone is 1. The van der Waals surface area contributed by atoms with Crippen molar-refractivity contribution >= 4 is 6.08 Å². The first kappa shape index (κ1) is 11.4. The Balaban J connectivity index is 2.08. The van der Waals surface area contributed by atoms with Gasteiger partial charge >= 0.3 is 0 Å². The topological polar surface area (TPSA) is 3.24 Å². The van der Waals surface area contributed by atoms with E-state index in [1.807, 2.05) is 0 Å². The zero-order chi connectivity index (χ0) is 11.4. The summed E-state index contributed by atoms with van der Waals surface area (Å²) >= 11 is 0. The Labute approximate surface area is 98.8 Å². The Morgan fingerprint density at radius 3 is 2.31 bits per heavy atom. The zero-order valence-corrected chi connectivity index (χ0v) is 10.3. The third-order valence-corrected chi connectivity index (χ3v) is 3.47. The molecule has 0 spiro atoms. The van der Waals surface area contributed by atoms with Gasteiger partial charge in [0, 0.05) is 6.04 Å². The molecule has 1 heteroatoms. The van der Waals surface area contributed by atoms with Gasteiger partial charge in [0.1, 0.15) is 0 Å². The lowest BCUT2D eigenvalue weighted by Gasteiger charge is -2.24. The predicted molar refractivity (Wildman–Crippen MR) is 70.4 cm³/mol. The standard InChI is InChI=1S/C15H21N/c1-3-6-14-7-9-15(10-8-14)13(2)16-11-4-5-12-16/h3,6-10,13H,4-5,11-12H2,1-2H3/b6-3+. The maximum Gasteiger partial charge on any atom is 0.0319 e. The number of rotatable bonds is 3. The van der Waals surface area contributed by atoms with Crippen LogP contribution in [0.15, 0.2) is 30.3 Å². The van der Waals surface area contributed by atoms with Crippen LogP contribution in [0.4, 0.5) is 0 Å². The van der Waals surface area contributed by atoms with Crippen molar-refractivity contribution in [2.45, 2.75) is 32.7 Å². The molecule has 0 saturated carbocycles. The maximum atomic E-state index is 2.57. The SMILES string of the molecule is C/C=C/c1ccc(C(C)N2CCCC2)cc1. The van der Waals surface area contributed by atoms with E-state index in [2.05, 4.69) is 55.2 Å². The molecule has 0 aromatic heterocycles. The summed E-state index contributed by atoms with van der Waals surface area (Å²) in [6.45, 7) is 6.90. The van der Waals surface area contributed by atoms with Crippen LogP contribution in [0.3, 0.4) is 0 Å². The number of nitrogens with zero attached hydrogens (tertiary/aromatic N) is 1. The molecule has 0 aliphatic carbocycles. The van der Waals surface area contributed by atoms with Gasteiger partial charge in [0.15, 0.2) is 0 Å². The Morgan fingerprint density at radius 2 is 1.75 bits per heavy atom.